The summed E-state index contributed by atoms with van der Waals surface area (Å²) in [4.78, 5) is 30.6. The standard InChI is InChI=1S/C30H19ClF3N3O5S/c1-41-25-15-18(14-22(31)27(25)42-24-13-12-19(30(32,33)34)17-23(24)37(39)40)16-26-28(38)36(21-10-6-3-7-11-21)29(43-26)35-20-8-4-2-5-9-20/h2-17H,1H3/b26-16-,35-29?. The van der Waals surface area contributed by atoms with Gasteiger partial charge in [-0.2, -0.15) is 13.2 Å². The number of carbonyl (C=O) groups excluding carboxylic acids is 1. The molecule has 0 aliphatic carbocycles. The van der Waals surface area contributed by atoms with E-state index < -0.39 is 28.1 Å². The SMILES string of the molecule is COc1cc(/C=C2\SC(=Nc3ccccc3)N(c3ccccc3)C2=O)cc(Cl)c1Oc1ccc(C(F)(F)F)cc1[N+](=O)[O-]. The molecule has 0 atom stereocenters. The summed E-state index contributed by atoms with van der Waals surface area (Å²) in [6.07, 6.45) is -3.21. The van der Waals surface area contributed by atoms with E-state index in [1.54, 1.807) is 30.3 Å². The molecule has 4 aromatic rings. The topological polar surface area (TPSA) is 94.3 Å². The number of anilines is 1. The predicted octanol–water partition coefficient (Wildman–Crippen LogP) is 8.88. The summed E-state index contributed by atoms with van der Waals surface area (Å²) in [6, 6.07) is 23.0. The Kier molecular flexibility index (Phi) is 8.42. The summed E-state index contributed by atoms with van der Waals surface area (Å²) in [6.45, 7) is 0. The lowest BCUT2D eigenvalue weighted by Gasteiger charge is -2.15. The van der Waals surface area contributed by atoms with Crippen LogP contribution >= 0.6 is 23.4 Å². The van der Waals surface area contributed by atoms with Gasteiger partial charge in [0.25, 0.3) is 5.91 Å². The fourth-order valence-corrected chi connectivity index (χ4v) is 5.33. The number of nitro groups is 1. The second kappa shape index (κ2) is 12.2. The molecule has 0 bridgehead atoms. The van der Waals surface area contributed by atoms with E-state index >= 15 is 0 Å². The number of ether oxygens (including phenoxy) is 2. The first-order valence-electron chi connectivity index (χ1n) is 12.4. The second-order valence-electron chi connectivity index (χ2n) is 8.89. The molecule has 1 amide bonds. The minimum atomic E-state index is -4.79. The van der Waals surface area contributed by atoms with Crippen LogP contribution in [-0.4, -0.2) is 23.1 Å². The summed E-state index contributed by atoms with van der Waals surface area (Å²) in [7, 11) is 1.30. The first-order chi connectivity index (χ1) is 20.5. The summed E-state index contributed by atoms with van der Waals surface area (Å²) in [5.74, 6) is -0.924. The number of hydrogen-bond donors (Lipinski definition) is 0. The number of alkyl halides is 3. The average molecular weight is 626 g/mol. The van der Waals surface area contributed by atoms with Crippen molar-refractivity contribution in [1.82, 2.24) is 0 Å². The molecule has 1 heterocycles. The van der Waals surface area contributed by atoms with Crippen molar-refractivity contribution >= 4 is 57.6 Å². The van der Waals surface area contributed by atoms with Gasteiger partial charge in [-0.25, -0.2) is 4.99 Å². The highest BCUT2D eigenvalue weighted by molar-refractivity contribution is 8.19. The van der Waals surface area contributed by atoms with Gasteiger partial charge in [0.2, 0.25) is 5.75 Å². The molecule has 1 aliphatic rings. The zero-order valence-electron chi connectivity index (χ0n) is 22.0. The number of halogens is 4. The highest BCUT2D eigenvalue weighted by Crippen LogP contribution is 2.45. The Labute approximate surface area is 252 Å². The second-order valence-corrected chi connectivity index (χ2v) is 10.3. The lowest BCUT2D eigenvalue weighted by Crippen LogP contribution is -2.28. The van der Waals surface area contributed by atoms with Crippen molar-refractivity contribution in [2.75, 3.05) is 12.0 Å². The number of methoxy groups -OCH3 is 1. The number of aliphatic imine (C=N–C) groups is 1. The number of para-hydroxylation sites is 2. The molecule has 4 aromatic carbocycles. The van der Waals surface area contributed by atoms with Crippen LogP contribution in [0.3, 0.4) is 0 Å². The third kappa shape index (κ3) is 6.50. The number of hydrogen-bond acceptors (Lipinski definition) is 7. The number of amides is 1. The third-order valence-corrected chi connectivity index (χ3v) is 7.30. The summed E-state index contributed by atoms with van der Waals surface area (Å²) in [5, 5.41) is 11.9. The molecule has 1 saturated heterocycles. The largest absolute Gasteiger partial charge is 0.493 e. The third-order valence-electron chi connectivity index (χ3n) is 6.05. The lowest BCUT2D eigenvalue weighted by atomic mass is 10.1. The Morgan fingerprint density at radius 2 is 1.65 bits per heavy atom. The van der Waals surface area contributed by atoms with Crippen molar-refractivity contribution in [1.29, 1.82) is 0 Å². The number of nitrogens with zero attached hydrogens (tertiary/aromatic N) is 3. The van der Waals surface area contributed by atoms with Gasteiger partial charge in [0.1, 0.15) is 0 Å². The molecule has 0 spiro atoms. The molecule has 1 aliphatic heterocycles. The number of amidine groups is 1. The number of nitro benzene ring substituents is 1. The van der Waals surface area contributed by atoms with Crippen LogP contribution in [0.15, 0.2) is 101 Å². The Balaban J connectivity index is 1.51. The number of benzene rings is 4. The van der Waals surface area contributed by atoms with Crippen molar-refractivity contribution in [3.8, 4) is 17.2 Å². The molecule has 8 nitrogen and oxygen atoms in total. The molecule has 0 aromatic heterocycles. The zero-order valence-corrected chi connectivity index (χ0v) is 23.6. The van der Waals surface area contributed by atoms with E-state index in [-0.39, 0.29) is 22.4 Å². The van der Waals surface area contributed by atoms with E-state index in [1.807, 2.05) is 36.4 Å². The van der Waals surface area contributed by atoms with Crippen LogP contribution in [-0.2, 0) is 11.0 Å². The molecule has 0 saturated carbocycles. The molecular formula is C30H19ClF3N3O5S. The van der Waals surface area contributed by atoms with Crippen molar-refractivity contribution in [2.45, 2.75) is 6.18 Å². The van der Waals surface area contributed by atoms with Crippen LogP contribution in [0.2, 0.25) is 5.02 Å². The Hall–Kier alpha value is -4.81. The number of thioether (sulfide) groups is 1. The summed E-state index contributed by atoms with van der Waals surface area (Å²) < 4.78 is 50.4. The fourth-order valence-electron chi connectivity index (χ4n) is 4.07. The van der Waals surface area contributed by atoms with E-state index in [4.69, 9.17) is 21.1 Å². The van der Waals surface area contributed by atoms with E-state index in [2.05, 4.69) is 4.99 Å². The van der Waals surface area contributed by atoms with E-state index in [1.165, 1.54) is 24.1 Å². The molecule has 218 valence electrons. The van der Waals surface area contributed by atoms with Gasteiger partial charge >= 0.3 is 11.9 Å². The summed E-state index contributed by atoms with van der Waals surface area (Å²) in [5.41, 5.74) is -0.400. The molecule has 13 heteroatoms. The van der Waals surface area contributed by atoms with Gasteiger partial charge in [0, 0.05) is 6.07 Å². The molecule has 0 N–H and O–H groups in total. The maximum absolute atomic E-state index is 13.6. The van der Waals surface area contributed by atoms with Gasteiger partial charge in [-0.3, -0.25) is 19.8 Å². The van der Waals surface area contributed by atoms with Gasteiger partial charge in [-0.1, -0.05) is 48.0 Å². The highest BCUT2D eigenvalue weighted by Gasteiger charge is 2.35. The number of rotatable bonds is 7. The Morgan fingerprint density at radius 1 is 0.977 bits per heavy atom. The monoisotopic (exact) mass is 625 g/mol. The van der Waals surface area contributed by atoms with Crippen molar-refractivity contribution in [2.24, 2.45) is 4.99 Å². The van der Waals surface area contributed by atoms with Crippen LogP contribution in [0, 0.1) is 10.1 Å². The van der Waals surface area contributed by atoms with Gasteiger partial charge in [-0.15, -0.1) is 0 Å². The number of carbonyl (C=O) groups is 1. The Bertz CT molecular complexity index is 1770. The van der Waals surface area contributed by atoms with Crippen LogP contribution in [0.1, 0.15) is 11.1 Å². The first-order valence-corrected chi connectivity index (χ1v) is 13.6. The molecular weight excluding hydrogens is 607 g/mol. The average Bonchev–Trinajstić information content (AvgIpc) is 3.28. The highest BCUT2D eigenvalue weighted by atomic mass is 35.5. The van der Waals surface area contributed by atoms with E-state index in [9.17, 15) is 28.1 Å². The van der Waals surface area contributed by atoms with E-state index in [0.29, 0.717) is 39.1 Å². The maximum Gasteiger partial charge on any atom is 0.416 e. The first kappa shape index (κ1) is 29.7. The van der Waals surface area contributed by atoms with Crippen LogP contribution in [0.5, 0.6) is 17.2 Å². The fraction of sp³-hybridized carbons (Fsp3) is 0.0667. The normalized spacial score (nSPS) is 15.3. The molecule has 0 radical (unpaired) electrons. The maximum atomic E-state index is 13.6. The lowest BCUT2D eigenvalue weighted by molar-refractivity contribution is -0.385. The van der Waals surface area contributed by atoms with Gasteiger partial charge in [0.05, 0.1) is 38.9 Å². The van der Waals surface area contributed by atoms with Gasteiger partial charge < -0.3 is 9.47 Å². The quantitative estimate of drug-likeness (QED) is 0.116. The Morgan fingerprint density at radius 3 is 2.28 bits per heavy atom. The van der Waals surface area contributed by atoms with Crippen molar-refractivity contribution < 1.29 is 32.4 Å². The molecule has 1 fully saturated rings. The molecule has 5 rings (SSSR count). The minimum absolute atomic E-state index is 0.0297. The van der Waals surface area contributed by atoms with Crippen molar-refractivity contribution in [3.63, 3.8) is 0 Å². The zero-order chi connectivity index (χ0) is 30.7. The van der Waals surface area contributed by atoms with Gasteiger partial charge in [0.15, 0.2) is 16.7 Å². The minimum Gasteiger partial charge on any atom is -0.493 e. The van der Waals surface area contributed by atoms with Crippen LogP contribution < -0.4 is 14.4 Å². The van der Waals surface area contributed by atoms with Gasteiger partial charge in [-0.05, 0) is 71.9 Å². The van der Waals surface area contributed by atoms with Crippen LogP contribution in [0.4, 0.5) is 30.2 Å². The van der Waals surface area contributed by atoms with E-state index in [0.717, 1.165) is 17.8 Å². The predicted molar refractivity (Wildman–Crippen MR) is 159 cm³/mol. The van der Waals surface area contributed by atoms with Crippen molar-refractivity contribution in [3.05, 3.63) is 122 Å². The van der Waals surface area contributed by atoms with Crippen LogP contribution in [0.25, 0.3) is 6.08 Å². The molecule has 43 heavy (non-hydrogen) atoms. The summed E-state index contributed by atoms with van der Waals surface area (Å²) >= 11 is 7.62. The smallest absolute Gasteiger partial charge is 0.416 e. The molecule has 0 unspecified atom stereocenters.